The van der Waals surface area contributed by atoms with Gasteiger partial charge in [-0.05, 0) is 48.7 Å². The molecule has 0 spiro atoms. The molecule has 2 rings (SSSR count). The van der Waals surface area contributed by atoms with E-state index in [0.29, 0.717) is 31.3 Å². The van der Waals surface area contributed by atoms with E-state index in [1.807, 2.05) is 30.3 Å². The van der Waals surface area contributed by atoms with Crippen LogP contribution in [0.15, 0.2) is 42.6 Å². The van der Waals surface area contributed by atoms with E-state index in [9.17, 15) is 4.79 Å². The van der Waals surface area contributed by atoms with Crippen molar-refractivity contribution in [3.63, 3.8) is 0 Å². The number of carbonyl (C=O) groups excluding carboxylic acids is 1. The number of hydrogen-bond acceptors (Lipinski definition) is 5. The van der Waals surface area contributed by atoms with Crippen LogP contribution in [-0.2, 0) is 0 Å². The van der Waals surface area contributed by atoms with Gasteiger partial charge < -0.3 is 20.1 Å². The highest BCUT2D eigenvalue weighted by Crippen LogP contribution is 2.16. The second-order valence-corrected chi connectivity index (χ2v) is 6.32. The number of amides is 1. The molecule has 6 nitrogen and oxygen atoms in total. The molecule has 1 aromatic carbocycles. The molecular weight excluding hydrogens is 330 g/mol. The monoisotopic (exact) mass is 357 g/mol. The fourth-order valence-corrected chi connectivity index (χ4v) is 2.23. The zero-order chi connectivity index (χ0) is 18.8. The predicted octanol–water partition coefficient (Wildman–Crippen LogP) is 3.36. The summed E-state index contributed by atoms with van der Waals surface area (Å²) in [5.41, 5.74) is 1.27. The highest BCUT2D eigenvalue weighted by Gasteiger charge is 2.06. The number of ether oxygens (including phenoxy) is 2. The summed E-state index contributed by atoms with van der Waals surface area (Å²) in [4.78, 5) is 16.2. The Morgan fingerprint density at radius 1 is 1.08 bits per heavy atom. The first kappa shape index (κ1) is 19.6. The molecule has 0 aliphatic carbocycles. The van der Waals surface area contributed by atoms with Crippen LogP contribution < -0.4 is 20.1 Å². The highest BCUT2D eigenvalue weighted by atomic mass is 16.5. The van der Waals surface area contributed by atoms with Gasteiger partial charge in [0.15, 0.2) is 0 Å². The van der Waals surface area contributed by atoms with E-state index >= 15 is 0 Å². The van der Waals surface area contributed by atoms with Crippen LogP contribution in [0.1, 0.15) is 30.8 Å². The van der Waals surface area contributed by atoms with Gasteiger partial charge >= 0.3 is 0 Å². The Morgan fingerprint density at radius 3 is 2.42 bits per heavy atom. The first-order valence-corrected chi connectivity index (χ1v) is 8.83. The van der Waals surface area contributed by atoms with Crippen LogP contribution in [-0.4, -0.2) is 37.7 Å². The lowest BCUT2D eigenvalue weighted by molar-refractivity contribution is 0.0947. The fraction of sp³-hybridized carbons (Fsp3) is 0.400. The molecule has 2 aromatic rings. The van der Waals surface area contributed by atoms with Crippen molar-refractivity contribution in [1.29, 1.82) is 0 Å². The average Bonchev–Trinajstić information content (AvgIpc) is 2.66. The molecule has 6 heteroatoms. The Balaban J connectivity index is 1.70. The van der Waals surface area contributed by atoms with Crippen molar-refractivity contribution in [2.75, 3.05) is 32.1 Å². The number of anilines is 1. The Bertz CT molecular complexity index is 670. The maximum atomic E-state index is 12.0. The first-order valence-electron chi connectivity index (χ1n) is 8.83. The van der Waals surface area contributed by atoms with Gasteiger partial charge in [-0.15, -0.1) is 0 Å². The average molecular weight is 357 g/mol. The van der Waals surface area contributed by atoms with E-state index in [1.165, 1.54) is 0 Å². The minimum atomic E-state index is -0.139. The Morgan fingerprint density at radius 2 is 1.81 bits per heavy atom. The molecule has 0 aliphatic heterocycles. The molecular formula is C20H27N3O3. The van der Waals surface area contributed by atoms with Crippen molar-refractivity contribution in [2.24, 2.45) is 5.92 Å². The van der Waals surface area contributed by atoms with Gasteiger partial charge in [-0.3, -0.25) is 4.79 Å². The van der Waals surface area contributed by atoms with E-state index in [1.54, 1.807) is 19.4 Å². The number of carbonyl (C=O) groups is 1. The van der Waals surface area contributed by atoms with Crippen molar-refractivity contribution in [2.45, 2.75) is 20.3 Å². The van der Waals surface area contributed by atoms with Crippen LogP contribution in [0.4, 0.5) is 5.69 Å². The maximum absolute atomic E-state index is 12.0. The van der Waals surface area contributed by atoms with Crippen LogP contribution in [0.5, 0.6) is 11.5 Å². The first-order chi connectivity index (χ1) is 12.6. The summed E-state index contributed by atoms with van der Waals surface area (Å²) in [5, 5.41) is 6.10. The largest absolute Gasteiger partial charge is 0.497 e. The normalized spacial score (nSPS) is 10.5. The van der Waals surface area contributed by atoms with Crippen molar-refractivity contribution in [3.05, 3.63) is 48.3 Å². The van der Waals surface area contributed by atoms with Gasteiger partial charge in [-0.1, -0.05) is 13.8 Å². The molecule has 0 atom stereocenters. The molecule has 0 unspecified atom stereocenters. The van der Waals surface area contributed by atoms with Gasteiger partial charge in [-0.25, -0.2) is 4.98 Å². The van der Waals surface area contributed by atoms with Crippen molar-refractivity contribution in [3.8, 4) is 11.5 Å². The lowest BCUT2D eigenvalue weighted by atomic mass is 10.1. The van der Waals surface area contributed by atoms with Crippen molar-refractivity contribution >= 4 is 11.6 Å². The van der Waals surface area contributed by atoms with E-state index in [4.69, 9.17) is 9.47 Å². The Labute approximate surface area is 154 Å². The number of aromatic nitrogens is 1. The van der Waals surface area contributed by atoms with Crippen LogP contribution in [0.3, 0.4) is 0 Å². The Hall–Kier alpha value is -2.76. The van der Waals surface area contributed by atoms with Gasteiger partial charge in [0.25, 0.3) is 5.91 Å². The van der Waals surface area contributed by atoms with Crippen molar-refractivity contribution in [1.82, 2.24) is 10.3 Å². The zero-order valence-electron chi connectivity index (χ0n) is 15.6. The number of nitrogens with zero attached hydrogens (tertiary/aromatic N) is 1. The topological polar surface area (TPSA) is 72.5 Å². The standard InChI is InChI=1S/C20H27N3O3/c1-15(2)10-11-22-20(24)19-9-4-16(14-23-19)21-12-13-26-18-7-5-17(25-3)6-8-18/h4-9,14-15,21H,10-13H2,1-3H3,(H,22,24). The molecule has 0 radical (unpaired) electrons. The number of nitrogens with one attached hydrogen (secondary N) is 2. The molecule has 0 bridgehead atoms. The summed E-state index contributed by atoms with van der Waals surface area (Å²) < 4.78 is 10.8. The van der Waals surface area contributed by atoms with E-state index in [2.05, 4.69) is 29.5 Å². The fourth-order valence-electron chi connectivity index (χ4n) is 2.23. The highest BCUT2D eigenvalue weighted by molar-refractivity contribution is 5.92. The maximum Gasteiger partial charge on any atom is 0.269 e. The minimum Gasteiger partial charge on any atom is -0.497 e. The second kappa shape index (κ2) is 10.3. The van der Waals surface area contributed by atoms with Gasteiger partial charge in [0.2, 0.25) is 0 Å². The molecule has 26 heavy (non-hydrogen) atoms. The number of rotatable bonds is 10. The number of methoxy groups -OCH3 is 1. The summed E-state index contributed by atoms with van der Waals surface area (Å²) in [6.45, 7) is 6.07. The second-order valence-electron chi connectivity index (χ2n) is 6.32. The quantitative estimate of drug-likeness (QED) is 0.638. The Kier molecular flexibility index (Phi) is 7.74. The van der Waals surface area contributed by atoms with Gasteiger partial charge in [-0.2, -0.15) is 0 Å². The lowest BCUT2D eigenvalue weighted by Gasteiger charge is -2.10. The summed E-state index contributed by atoms with van der Waals surface area (Å²) in [6.07, 6.45) is 2.62. The lowest BCUT2D eigenvalue weighted by Crippen LogP contribution is -2.26. The molecule has 2 N–H and O–H groups in total. The molecule has 1 amide bonds. The van der Waals surface area contributed by atoms with Crippen molar-refractivity contribution < 1.29 is 14.3 Å². The summed E-state index contributed by atoms with van der Waals surface area (Å²) in [7, 11) is 1.63. The zero-order valence-corrected chi connectivity index (χ0v) is 15.6. The number of hydrogen-bond donors (Lipinski definition) is 2. The third-order valence-corrected chi connectivity index (χ3v) is 3.76. The van der Waals surface area contributed by atoms with E-state index in [0.717, 1.165) is 23.6 Å². The smallest absolute Gasteiger partial charge is 0.269 e. The summed E-state index contributed by atoms with van der Waals surface area (Å²) in [5.74, 6) is 2.02. The van der Waals surface area contributed by atoms with Crippen LogP contribution in [0.2, 0.25) is 0 Å². The van der Waals surface area contributed by atoms with Gasteiger partial charge in [0.1, 0.15) is 23.8 Å². The molecule has 0 aliphatic rings. The summed E-state index contributed by atoms with van der Waals surface area (Å²) >= 11 is 0. The molecule has 0 saturated carbocycles. The van der Waals surface area contributed by atoms with E-state index < -0.39 is 0 Å². The molecule has 0 saturated heterocycles. The minimum absolute atomic E-state index is 0.139. The number of benzene rings is 1. The molecule has 140 valence electrons. The molecule has 1 heterocycles. The molecule has 1 aromatic heterocycles. The third-order valence-electron chi connectivity index (χ3n) is 3.76. The predicted molar refractivity (Wildman–Crippen MR) is 103 cm³/mol. The van der Waals surface area contributed by atoms with Crippen LogP contribution in [0.25, 0.3) is 0 Å². The van der Waals surface area contributed by atoms with E-state index in [-0.39, 0.29) is 5.91 Å². The summed E-state index contributed by atoms with van der Waals surface area (Å²) in [6, 6.07) is 11.0. The SMILES string of the molecule is COc1ccc(OCCNc2ccc(C(=O)NCCC(C)C)nc2)cc1. The molecule has 0 fully saturated rings. The van der Waals surface area contributed by atoms with Crippen LogP contribution in [0, 0.1) is 5.92 Å². The van der Waals surface area contributed by atoms with Crippen LogP contribution >= 0.6 is 0 Å². The number of pyridine rings is 1. The van der Waals surface area contributed by atoms with Gasteiger partial charge in [0.05, 0.1) is 19.0 Å². The third kappa shape index (κ3) is 6.63. The van der Waals surface area contributed by atoms with Gasteiger partial charge in [0, 0.05) is 13.1 Å².